The summed E-state index contributed by atoms with van der Waals surface area (Å²) in [5.41, 5.74) is 7.79. The van der Waals surface area contributed by atoms with E-state index in [0.29, 0.717) is 5.41 Å². The predicted octanol–water partition coefficient (Wildman–Crippen LogP) is 3.97. The summed E-state index contributed by atoms with van der Waals surface area (Å²) in [4.78, 5) is 2.48. The van der Waals surface area contributed by atoms with Crippen LogP contribution in [-0.4, -0.2) is 24.0 Å². The van der Waals surface area contributed by atoms with Crippen molar-refractivity contribution in [1.82, 2.24) is 4.90 Å². The third-order valence-electron chi connectivity index (χ3n) is 5.10. The summed E-state index contributed by atoms with van der Waals surface area (Å²) in [6.07, 6.45) is 2.48. The number of hydrogen-bond donors (Lipinski definition) is 1. The van der Waals surface area contributed by atoms with Crippen molar-refractivity contribution in [2.24, 2.45) is 17.1 Å². The molecule has 0 aliphatic carbocycles. The van der Waals surface area contributed by atoms with Crippen LogP contribution in [0, 0.1) is 17.2 Å². The van der Waals surface area contributed by atoms with Crippen LogP contribution in [0.5, 0.6) is 0 Å². The quantitative estimate of drug-likeness (QED) is 0.913. The van der Waals surface area contributed by atoms with E-state index in [1.165, 1.54) is 25.0 Å². The van der Waals surface area contributed by atoms with Crippen LogP contribution in [0.25, 0.3) is 0 Å². The van der Waals surface area contributed by atoms with E-state index in [1.54, 1.807) is 12.1 Å². The van der Waals surface area contributed by atoms with Gasteiger partial charge in [0.2, 0.25) is 0 Å². The molecule has 2 unspecified atom stereocenters. The van der Waals surface area contributed by atoms with Crippen LogP contribution in [-0.2, 0) is 0 Å². The van der Waals surface area contributed by atoms with Crippen molar-refractivity contribution in [2.45, 2.75) is 52.6 Å². The van der Waals surface area contributed by atoms with Gasteiger partial charge in [0.1, 0.15) is 5.82 Å². The number of likely N-dealkylation sites (tertiary alicyclic amines) is 1. The number of rotatable bonds is 3. The van der Waals surface area contributed by atoms with E-state index < -0.39 is 0 Å². The molecule has 0 radical (unpaired) electrons. The Morgan fingerprint density at radius 1 is 1.14 bits per heavy atom. The van der Waals surface area contributed by atoms with Gasteiger partial charge < -0.3 is 5.73 Å². The van der Waals surface area contributed by atoms with Crippen LogP contribution in [0.2, 0.25) is 0 Å². The Kier molecular flexibility index (Phi) is 5.05. The molecule has 1 heterocycles. The van der Waals surface area contributed by atoms with Crippen LogP contribution in [0.15, 0.2) is 24.3 Å². The van der Waals surface area contributed by atoms with E-state index in [1.807, 2.05) is 0 Å². The number of benzene rings is 1. The fourth-order valence-corrected chi connectivity index (χ4v) is 3.36. The summed E-state index contributed by atoms with van der Waals surface area (Å²) in [5.74, 6) is 0.590. The van der Waals surface area contributed by atoms with E-state index >= 15 is 0 Å². The van der Waals surface area contributed by atoms with Crippen molar-refractivity contribution in [3.63, 3.8) is 0 Å². The monoisotopic (exact) mass is 292 g/mol. The minimum absolute atomic E-state index is 0.0585. The highest BCUT2D eigenvalue weighted by atomic mass is 19.1. The van der Waals surface area contributed by atoms with E-state index in [4.69, 9.17) is 5.73 Å². The molecule has 0 aromatic heterocycles. The number of nitrogens with two attached hydrogens (primary N) is 1. The van der Waals surface area contributed by atoms with Crippen molar-refractivity contribution < 1.29 is 4.39 Å². The van der Waals surface area contributed by atoms with Crippen LogP contribution < -0.4 is 5.73 Å². The van der Waals surface area contributed by atoms with Gasteiger partial charge in [0, 0.05) is 12.1 Å². The standard InChI is InChI=1S/C18H29FN2/c1-13(17(20)14-5-7-16(19)8-6-14)21-11-9-15(10-12-21)18(2,3)4/h5-8,13,15,17H,9-12,20H2,1-4H3. The molecule has 2 atom stereocenters. The molecule has 3 heteroatoms. The van der Waals surface area contributed by atoms with Crippen molar-refractivity contribution >= 4 is 0 Å². The fraction of sp³-hybridized carbons (Fsp3) is 0.667. The number of halogens is 1. The van der Waals surface area contributed by atoms with Gasteiger partial charge in [0.05, 0.1) is 0 Å². The molecule has 0 saturated carbocycles. The molecule has 1 aromatic carbocycles. The van der Waals surface area contributed by atoms with Crippen LogP contribution in [0.1, 0.15) is 52.1 Å². The van der Waals surface area contributed by atoms with Crippen LogP contribution in [0.3, 0.4) is 0 Å². The predicted molar refractivity (Wildman–Crippen MR) is 86.5 cm³/mol. The highest BCUT2D eigenvalue weighted by molar-refractivity contribution is 5.21. The minimum Gasteiger partial charge on any atom is -0.323 e. The molecule has 1 aliphatic rings. The Bertz CT molecular complexity index is 441. The van der Waals surface area contributed by atoms with E-state index in [0.717, 1.165) is 24.6 Å². The Balaban J connectivity index is 1.95. The maximum atomic E-state index is 13.0. The topological polar surface area (TPSA) is 29.3 Å². The Morgan fingerprint density at radius 3 is 2.14 bits per heavy atom. The Hall–Kier alpha value is -0.930. The normalized spacial score (nSPS) is 21.2. The molecule has 2 N–H and O–H groups in total. The lowest BCUT2D eigenvalue weighted by Gasteiger charge is -2.42. The first-order valence-corrected chi connectivity index (χ1v) is 8.04. The van der Waals surface area contributed by atoms with Crippen molar-refractivity contribution in [1.29, 1.82) is 0 Å². The summed E-state index contributed by atoms with van der Waals surface area (Å²) in [6, 6.07) is 6.83. The molecule has 1 aromatic rings. The summed E-state index contributed by atoms with van der Waals surface area (Å²) in [7, 11) is 0. The van der Waals surface area contributed by atoms with E-state index in [-0.39, 0.29) is 17.9 Å². The zero-order valence-electron chi connectivity index (χ0n) is 13.8. The molecular formula is C18H29FN2. The Morgan fingerprint density at radius 2 is 1.67 bits per heavy atom. The average Bonchev–Trinajstić information content (AvgIpc) is 2.46. The molecule has 118 valence electrons. The summed E-state index contributed by atoms with van der Waals surface area (Å²) in [6.45, 7) is 11.4. The Labute approximate surface area is 128 Å². The summed E-state index contributed by atoms with van der Waals surface area (Å²) in [5, 5.41) is 0. The lowest BCUT2D eigenvalue weighted by Crippen LogP contribution is -2.46. The zero-order valence-corrected chi connectivity index (χ0v) is 13.8. The third-order valence-corrected chi connectivity index (χ3v) is 5.10. The third kappa shape index (κ3) is 4.04. The van der Waals surface area contributed by atoms with Gasteiger partial charge in [-0.1, -0.05) is 32.9 Å². The number of nitrogens with zero attached hydrogens (tertiary/aromatic N) is 1. The molecule has 1 saturated heterocycles. The van der Waals surface area contributed by atoms with Crippen molar-refractivity contribution in [3.8, 4) is 0 Å². The number of piperidine rings is 1. The second-order valence-electron chi connectivity index (χ2n) is 7.49. The number of hydrogen-bond acceptors (Lipinski definition) is 2. The molecule has 2 rings (SSSR count). The molecule has 21 heavy (non-hydrogen) atoms. The average molecular weight is 292 g/mol. The van der Waals surface area contributed by atoms with Crippen LogP contribution in [0.4, 0.5) is 4.39 Å². The maximum Gasteiger partial charge on any atom is 0.123 e. The van der Waals surface area contributed by atoms with Crippen molar-refractivity contribution in [2.75, 3.05) is 13.1 Å². The fourth-order valence-electron chi connectivity index (χ4n) is 3.36. The second kappa shape index (κ2) is 6.45. The SMILES string of the molecule is CC(C(N)c1ccc(F)cc1)N1CCC(C(C)(C)C)CC1. The summed E-state index contributed by atoms with van der Waals surface area (Å²) < 4.78 is 13.0. The maximum absolute atomic E-state index is 13.0. The van der Waals surface area contributed by atoms with Crippen molar-refractivity contribution in [3.05, 3.63) is 35.6 Å². The largest absolute Gasteiger partial charge is 0.323 e. The minimum atomic E-state index is -0.204. The van der Waals surface area contributed by atoms with Gasteiger partial charge in [0.15, 0.2) is 0 Å². The molecule has 0 spiro atoms. The first-order chi connectivity index (χ1) is 9.79. The second-order valence-corrected chi connectivity index (χ2v) is 7.49. The van der Waals surface area contributed by atoms with Gasteiger partial charge in [-0.25, -0.2) is 4.39 Å². The molecule has 0 amide bonds. The molecule has 0 bridgehead atoms. The van der Waals surface area contributed by atoms with Gasteiger partial charge in [-0.2, -0.15) is 0 Å². The van der Waals surface area contributed by atoms with Gasteiger partial charge in [-0.3, -0.25) is 4.90 Å². The van der Waals surface area contributed by atoms with Crippen LogP contribution >= 0.6 is 0 Å². The van der Waals surface area contributed by atoms with Gasteiger partial charge in [-0.15, -0.1) is 0 Å². The highest BCUT2D eigenvalue weighted by Gasteiger charge is 2.31. The molecule has 2 nitrogen and oxygen atoms in total. The van der Waals surface area contributed by atoms with Gasteiger partial charge >= 0.3 is 0 Å². The lowest BCUT2D eigenvalue weighted by molar-refractivity contribution is 0.0792. The lowest BCUT2D eigenvalue weighted by atomic mass is 9.75. The zero-order chi connectivity index (χ0) is 15.6. The summed E-state index contributed by atoms with van der Waals surface area (Å²) >= 11 is 0. The molecule has 1 fully saturated rings. The highest BCUT2D eigenvalue weighted by Crippen LogP contribution is 2.35. The molecule has 1 aliphatic heterocycles. The van der Waals surface area contributed by atoms with Gasteiger partial charge in [0.25, 0.3) is 0 Å². The first-order valence-electron chi connectivity index (χ1n) is 8.04. The van der Waals surface area contributed by atoms with Gasteiger partial charge in [-0.05, 0) is 61.9 Å². The van der Waals surface area contributed by atoms with E-state index in [2.05, 4.69) is 32.6 Å². The smallest absolute Gasteiger partial charge is 0.123 e. The molecular weight excluding hydrogens is 263 g/mol. The first kappa shape index (κ1) is 16.4. The van der Waals surface area contributed by atoms with E-state index in [9.17, 15) is 4.39 Å².